The number of nitrogens with zero attached hydrogens (tertiary/aromatic N) is 1. The van der Waals surface area contributed by atoms with Gasteiger partial charge in [0.05, 0.1) is 12.6 Å². The summed E-state index contributed by atoms with van der Waals surface area (Å²) in [6.07, 6.45) is 0.684. The molecule has 0 radical (unpaired) electrons. The van der Waals surface area contributed by atoms with Crippen LogP contribution in [0, 0.1) is 0 Å². The first-order valence-corrected chi connectivity index (χ1v) is 10.1. The molecule has 1 aliphatic rings. The van der Waals surface area contributed by atoms with Gasteiger partial charge < -0.3 is 20.9 Å². The summed E-state index contributed by atoms with van der Waals surface area (Å²) in [7, 11) is 0. The Morgan fingerprint density at radius 2 is 1.97 bits per heavy atom. The number of amides is 2. The lowest BCUT2D eigenvalue weighted by Gasteiger charge is -2.36. The lowest BCUT2D eigenvalue weighted by Crippen LogP contribution is -2.46. The standard InChI is InChI=1S/C21H20Cl2N4O2/c22-13-3-1-2-12(8-13)21(29)27-7-6-15-16-9-14(23)4-5-17(16)26-20(15)18(27)11-25-19(28)10-24/h1-5,8-9,18,26H,6-7,10-11,24H2,(H,25,28). The Morgan fingerprint density at radius 3 is 2.72 bits per heavy atom. The van der Waals surface area contributed by atoms with Gasteiger partial charge in [-0.25, -0.2) is 0 Å². The van der Waals surface area contributed by atoms with Gasteiger partial charge in [-0.3, -0.25) is 9.59 Å². The molecule has 0 saturated heterocycles. The molecule has 1 unspecified atom stereocenters. The third-order valence-corrected chi connectivity index (χ3v) is 5.69. The van der Waals surface area contributed by atoms with Gasteiger partial charge in [0, 0.05) is 45.3 Å². The number of carbonyl (C=O) groups excluding carboxylic acids is 2. The molecule has 2 aromatic carbocycles. The average molecular weight is 431 g/mol. The number of rotatable bonds is 4. The smallest absolute Gasteiger partial charge is 0.254 e. The van der Waals surface area contributed by atoms with Crippen molar-refractivity contribution in [2.75, 3.05) is 19.6 Å². The largest absolute Gasteiger partial charge is 0.356 e. The molecule has 6 nitrogen and oxygen atoms in total. The molecule has 1 aliphatic heterocycles. The van der Waals surface area contributed by atoms with E-state index in [4.69, 9.17) is 28.9 Å². The van der Waals surface area contributed by atoms with Crippen molar-refractivity contribution in [3.8, 4) is 0 Å². The first-order chi connectivity index (χ1) is 14.0. The summed E-state index contributed by atoms with van der Waals surface area (Å²) in [5.74, 6) is -0.409. The van der Waals surface area contributed by atoms with E-state index in [1.165, 1.54) is 0 Å². The van der Waals surface area contributed by atoms with E-state index in [1.807, 2.05) is 18.2 Å². The summed E-state index contributed by atoms with van der Waals surface area (Å²) in [5.41, 5.74) is 8.91. The summed E-state index contributed by atoms with van der Waals surface area (Å²) >= 11 is 12.3. The van der Waals surface area contributed by atoms with Crippen molar-refractivity contribution in [1.29, 1.82) is 0 Å². The van der Waals surface area contributed by atoms with Gasteiger partial charge in [0.25, 0.3) is 5.91 Å². The van der Waals surface area contributed by atoms with Crippen molar-refractivity contribution < 1.29 is 9.59 Å². The lowest BCUT2D eigenvalue weighted by atomic mass is 9.96. The first kappa shape index (κ1) is 19.8. The molecular weight excluding hydrogens is 411 g/mol. The van der Waals surface area contributed by atoms with Gasteiger partial charge in [0.1, 0.15) is 0 Å². The predicted molar refractivity (Wildman–Crippen MR) is 114 cm³/mol. The van der Waals surface area contributed by atoms with Gasteiger partial charge >= 0.3 is 0 Å². The number of hydrogen-bond acceptors (Lipinski definition) is 3. The Labute approximate surface area is 178 Å². The maximum atomic E-state index is 13.3. The number of aromatic amines is 1. The van der Waals surface area contributed by atoms with Crippen LogP contribution in [0.5, 0.6) is 0 Å². The van der Waals surface area contributed by atoms with Crippen molar-refractivity contribution in [3.63, 3.8) is 0 Å². The zero-order valence-electron chi connectivity index (χ0n) is 15.5. The highest BCUT2D eigenvalue weighted by molar-refractivity contribution is 6.31. The summed E-state index contributed by atoms with van der Waals surface area (Å²) in [6, 6.07) is 12.2. The van der Waals surface area contributed by atoms with Crippen LogP contribution in [0.15, 0.2) is 42.5 Å². The van der Waals surface area contributed by atoms with Gasteiger partial charge in [-0.15, -0.1) is 0 Å². The van der Waals surface area contributed by atoms with Crippen LogP contribution in [-0.2, 0) is 11.2 Å². The molecule has 1 atom stereocenters. The molecule has 1 aromatic heterocycles. The minimum Gasteiger partial charge on any atom is -0.356 e. The first-order valence-electron chi connectivity index (χ1n) is 9.31. The number of benzene rings is 2. The van der Waals surface area contributed by atoms with E-state index >= 15 is 0 Å². The third-order valence-electron chi connectivity index (χ3n) is 5.22. The van der Waals surface area contributed by atoms with Crippen LogP contribution >= 0.6 is 23.2 Å². The van der Waals surface area contributed by atoms with Crippen LogP contribution in [0.1, 0.15) is 27.7 Å². The van der Waals surface area contributed by atoms with E-state index < -0.39 is 0 Å². The maximum absolute atomic E-state index is 13.3. The molecule has 0 bridgehead atoms. The summed E-state index contributed by atoms with van der Waals surface area (Å²) in [6.45, 7) is 0.668. The number of nitrogens with one attached hydrogen (secondary N) is 2. The molecule has 0 spiro atoms. The predicted octanol–water partition coefficient (Wildman–Crippen LogP) is 3.29. The second-order valence-corrected chi connectivity index (χ2v) is 7.86. The number of halogens is 2. The van der Waals surface area contributed by atoms with Gasteiger partial charge in [0.2, 0.25) is 5.91 Å². The maximum Gasteiger partial charge on any atom is 0.254 e. The fraction of sp³-hybridized carbons (Fsp3) is 0.238. The molecule has 0 saturated carbocycles. The highest BCUT2D eigenvalue weighted by Crippen LogP contribution is 2.36. The Kier molecular flexibility index (Phi) is 5.50. The lowest BCUT2D eigenvalue weighted by molar-refractivity contribution is -0.120. The Bertz CT molecular complexity index is 1100. The number of nitrogens with two attached hydrogens (primary N) is 1. The van der Waals surface area contributed by atoms with Crippen molar-refractivity contribution in [2.45, 2.75) is 12.5 Å². The topological polar surface area (TPSA) is 91.2 Å². The molecule has 4 rings (SSSR count). The van der Waals surface area contributed by atoms with E-state index in [0.717, 1.165) is 22.2 Å². The van der Waals surface area contributed by atoms with E-state index in [2.05, 4.69) is 10.3 Å². The number of H-pyrrole nitrogens is 1. The van der Waals surface area contributed by atoms with Crippen molar-refractivity contribution in [2.24, 2.45) is 5.73 Å². The second-order valence-electron chi connectivity index (χ2n) is 6.99. The monoisotopic (exact) mass is 430 g/mol. The van der Waals surface area contributed by atoms with E-state index in [1.54, 1.807) is 29.2 Å². The van der Waals surface area contributed by atoms with E-state index in [-0.39, 0.29) is 30.9 Å². The molecule has 4 N–H and O–H groups in total. The quantitative estimate of drug-likeness (QED) is 0.592. The molecule has 2 heterocycles. The number of aromatic nitrogens is 1. The van der Waals surface area contributed by atoms with Crippen molar-refractivity contribution in [1.82, 2.24) is 15.2 Å². The molecule has 8 heteroatoms. The Morgan fingerprint density at radius 1 is 1.17 bits per heavy atom. The summed E-state index contributed by atoms with van der Waals surface area (Å²) in [4.78, 5) is 30.2. The average Bonchev–Trinajstić information content (AvgIpc) is 3.09. The highest BCUT2D eigenvalue weighted by atomic mass is 35.5. The molecule has 0 fully saturated rings. The van der Waals surface area contributed by atoms with Crippen LogP contribution in [0.3, 0.4) is 0 Å². The minimum absolute atomic E-state index is 0.107. The van der Waals surface area contributed by atoms with E-state index in [0.29, 0.717) is 28.6 Å². The molecule has 150 valence electrons. The summed E-state index contributed by atoms with van der Waals surface area (Å²) < 4.78 is 0. The van der Waals surface area contributed by atoms with Gasteiger partial charge in [-0.2, -0.15) is 0 Å². The Hall–Kier alpha value is -2.54. The van der Waals surface area contributed by atoms with Gasteiger partial charge in [-0.05, 0) is 48.4 Å². The zero-order valence-corrected chi connectivity index (χ0v) is 17.1. The molecule has 2 amide bonds. The van der Waals surface area contributed by atoms with Crippen LogP contribution in [0.4, 0.5) is 0 Å². The third kappa shape index (κ3) is 3.83. The van der Waals surface area contributed by atoms with Crippen LogP contribution in [0.25, 0.3) is 10.9 Å². The summed E-state index contributed by atoms with van der Waals surface area (Å²) in [5, 5.41) is 5.01. The number of fused-ring (bicyclic) bond motifs is 3. The number of hydrogen-bond donors (Lipinski definition) is 3. The normalized spacial score (nSPS) is 16.0. The second kappa shape index (κ2) is 8.06. The van der Waals surface area contributed by atoms with Crippen LogP contribution in [-0.4, -0.2) is 41.3 Å². The Balaban J connectivity index is 1.74. The van der Waals surface area contributed by atoms with Gasteiger partial charge in [0.15, 0.2) is 0 Å². The number of carbonyl (C=O) groups is 2. The van der Waals surface area contributed by atoms with Crippen LogP contribution < -0.4 is 11.1 Å². The van der Waals surface area contributed by atoms with Crippen LogP contribution in [0.2, 0.25) is 10.0 Å². The van der Waals surface area contributed by atoms with Crippen molar-refractivity contribution >= 4 is 45.9 Å². The van der Waals surface area contributed by atoms with Crippen molar-refractivity contribution in [3.05, 3.63) is 69.3 Å². The molecule has 0 aliphatic carbocycles. The minimum atomic E-state index is -0.355. The molecular formula is C21H20Cl2N4O2. The zero-order chi connectivity index (χ0) is 20.5. The SMILES string of the molecule is NCC(=O)NCC1c2[nH]c3ccc(Cl)cc3c2CCN1C(=O)c1cccc(Cl)c1. The fourth-order valence-corrected chi connectivity index (χ4v) is 4.23. The fourth-order valence-electron chi connectivity index (χ4n) is 3.86. The molecule has 29 heavy (non-hydrogen) atoms. The highest BCUT2D eigenvalue weighted by Gasteiger charge is 2.34. The van der Waals surface area contributed by atoms with Gasteiger partial charge in [-0.1, -0.05) is 29.3 Å². The van der Waals surface area contributed by atoms with E-state index in [9.17, 15) is 9.59 Å². The molecule has 3 aromatic rings.